The molecule has 0 saturated carbocycles. The number of carboxylic acids is 1. The minimum atomic E-state index is -0.959. The molecule has 0 aromatic carbocycles. The van der Waals surface area contributed by atoms with E-state index in [0.717, 1.165) is 19.3 Å². The van der Waals surface area contributed by atoms with E-state index in [4.69, 9.17) is 5.11 Å². The normalized spacial score (nSPS) is 13.5. The first kappa shape index (κ1) is 25.4. The van der Waals surface area contributed by atoms with Crippen molar-refractivity contribution in [1.82, 2.24) is 10.2 Å². The van der Waals surface area contributed by atoms with E-state index in [2.05, 4.69) is 12.2 Å². The summed E-state index contributed by atoms with van der Waals surface area (Å²) in [6.45, 7) is 13.4. The molecule has 6 heteroatoms. The SMILES string of the molecule is CCCCC(CC)C(=O)N[C@@H](CCC(=O)O)C(=O)N(CC(C)C)CC(C)C. The van der Waals surface area contributed by atoms with Crippen molar-refractivity contribution < 1.29 is 19.5 Å². The number of hydrogen-bond acceptors (Lipinski definition) is 3. The molecule has 0 bridgehead atoms. The van der Waals surface area contributed by atoms with E-state index >= 15 is 0 Å². The summed E-state index contributed by atoms with van der Waals surface area (Å²) in [4.78, 5) is 38.6. The van der Waals surface area contributed by atoms with Gasteiger partial charge in [0.15, 0.2) is 0 Å². The number of hydrogen-bond donors (Lipinski definition) is 2. The summed E-state index contributed by atoms with van der Waals surface area (Å²) in [5.74, 6) is -0.790. The molecule has 158 valence electrons. The second-order valence-corrected chi connectivity index (χ2v) is 8.27. The highest BCUT2D eigenvalue weighted by atomic mass is 16.4. The minimum Gasteiger partial charge on any atom is -0.481 e. The van der Waals surface area contributed by atoms with Crippen molar-refractivity contribution in [1.29, 1.82) is 0 Å². The van der Waals surface area contributed by atoms with Crippen LogP contribution < -0.4 is 5.32 Å². The monoisotopic (exact) mass is 384 g/mol. The van der Waals surface area contributed by atoms with E-state index in [-0.39, 0.29) is 30.6 Å². The van der Waals surface area contributed by atoms with Crippen LogP contribution in [0.4, 0.5) is 0 Å². The highest BCUT2D eigenvalue weighted by Crippen LogP contribution is 2.15. The molecule has 0 fully saturated rings. The van der Waals surface area contributed by atoms with E-state index < -0.39 is 12.0 Å². The highest BCUT2D eigenvalue weighted by Gasteiger charge is 2.29. The van der Waals surface area contributed by atoms with Gasteiger partial charge in [-0.3, -0.25) is 14.4 Å². The van der Waals surface area contributed by atoms with Gasteiger partial charge in [0.25, 0.3) is 0 Å². The van der Waals surface area contributed by atoms with Crippen molar-refractivity contribution >= 4 is 17.8 Å². The summed E-state index contributed by atoms with van der Waals surface area (Å²) in [7, 11) is 0. The molecule has 0 aliphatic rings. The van der Waals surface area contributed by atoms with Gasteiger partial charge in [0.05, 0.1) is 0 Å². The predicted molar refractivity (Wildman–Crippen MR) is 108 cm³/mol. The highest BCUT2D eigenvalue weighted by molar-refractivity contribution is 5.89. The van der Waals surface area contributed by atoms with Crippen molar-refractivity contribution in [3.63, 3.8) is 0 Å². The van der Waals surface area contributed by atoms with Gasteiger partial charge in [-0.2, -0.15) is 0 Å². The first-order valence-electron chi connectivity index (χ1n) is 10.4. The second kappa shape index (κ2) is 13.6. The zero-order chi connectivity index (χ0) is 21.0. The summed E-state index contributed by atoms with van der Waals surface area (Å²) in [6, 6.07) is -0.776. The molecule has 6 nitrogen and oxygen atoms in total. The largest absolute Gasteiger partial charge is 0.481 e. The Bertz CT molecular complexity index is 453. The van der Waals surface area contributed by atoms with Crippen LogP contribution in [0, 0.1) is 17.8 Å². The Hall–Kier alpha value is -1.59. The number of carbonyl (C=O) groups is 3. The fraction of sp³-hybridized carbons (Fsp3) is 0.857. The molecule has 27 heavy (non-hydrogen) atoms. The third-order valence-corrected chi connectivity index (χ3v) is 4.51. The van der Waals surface area contributed by atoms with E-state index in [1.807, 2.05) is 34.6 Å². The molecule has 2 N–H and O–H groups in total. The van der Waals surface area contributed by atoms with Crippen LogP contribution in [-0.4, -0.2) is 46.9 Å². The number of rotatable bonds is 14. The molecule has 0 radical (unpaired) electrons. The van der Waals surface area contributed by atoms with Crippen LogP contribution in [-0.2, 0) is 14.4 Å². The predicted octanol–water partition coefficient (Wildman–Crippen LogP) is 3.69. The van der Waals surface area contributed by atoms with Gasteiger partial charge in [0, 0.05) is 25.4 Å². The van der Waals surface area contributed by atoms with Crippen LogP contribution in [0.15, 0.2) is 0 Å². The summed E-state index contributed by atoms with van der Waals surface area (Å²) in [5, 5.41) is 11.9. The molecule has 0 saturated heterocycles. The molecule has 2 amide bonds. The molecule has 2 atom stereocenters. The van der Waals surface area contributed by atoms with E-state index in [9.17, 15) is 14.4 Å². The Morgan fingerprint density at radius 3 is 1.93 bits per heavy atom. The maximum absolute atomic E-state index is 13.1. The van der Waals surface area contributed by atoms with Crippen molar-refractivity contribution in [2.45, 2.75) is 86.1 Å². The number of aliphatic carboxylic acids is 1. The summed E-state index contributed by atoms with van der Waals surface area (Å²) in [5.41, 5.74) is 0. The smallest absolute Gasteiger partial charge is 0.303 e. The fourth-order valence-electron chi connectivity index (χ4n) is 3.14. The van der Waals surface area contributed by atoms with Gasteiger partial charge in [-0.1, -0.05) is 54.4 Å². The van der Waals surface area contributed by atoms with Crippen LogP contribution in [0.5, 0.6) is 0 Å². The molecule has 0 rings (SSSR count). The van der Waals surface area contributed by atoms with Crippen LogP contribution in [0.2, 0.25) is 0 Å². The molecule has 0 aromatic heterocycles. The first-order chi connectivity index (χ1) is 12.6. The van der Waals surface area contributed by atoms with Gasteiger partial charge in [-0.15, -0.1) is 0 Å². The lowest BCUT2D eigenvalue weighted by Gasteiger charge is -2.31. The second-order valence-electron chi connectivity index (χ2n) is 8.27. The van der Waals surface area contributed by atoms with Crippen LogP contribution in [0.3, 0.4) is 0 Å². The minimum absolute atomic E-state index is 0.122. The summed E-state index contributed by atoms with van der Waals surface area (Å²) >= 11 is 0. The molecule has 1 unspecified atom stereocenters. The Kier molecular flexibility index (Phi) is 12.8. The van der Waals surface area contributed by atoms with Gasteiger partial charge in [-0.05, 0) is 31.1 Å². The van der Waals surface area contributed by atoms with Crippen molar-refractivity contribution in [2.24, 2.45) is 17.8 Å². The fourth-order valence-corrected chi connectivity index (χ4v) is 3.14. The number of nitrogens with zero attached hydrogens (tertiary/aromatic N) is 1. The average Bonchev–Trinajstić information content (AvgIpc) is 2.57. The molecule has 0 aliphatic heterocycles. The van der Waals surface area contributed by atoms with Gasteiger partial charge in [0.1, 0.15) is 6.04 Å². The van der Waals surface area contributed by atoms with Gasteiger partial charge in [0.2, 0.25) is 11.8 Å². The molecule has 0 heterocycles. The van der Waals surface area contributed by atoms with Gasteiger partial charge < -0.3 is 15.3 Å². The topological polar surface area (TPSA) is 86.7 Å². The Labute approximate surface area is 165 Å². The number of unbranched alkanes of at least 4 members (excludes halogenated alkanes) is 1. The number of carbonyl (C=O) groups excluding carboxylic acids is 2. The van der Waals surface area contributed by atoms with Crippen molar-refractivity contribution in [2.75, 3.05) is 13.1 Å². The van der Waals surface area contributed by atoms with Crippen LogP contribution in [0.25, 0.3) is 0 Å². The van der Waals surface area contributed by atoms with E-state index in [0.29, 0.717) is 31.3 Å². The average molecular weight is 385 g/mol. The Morgan fingerprint density at radius 2 is 1.52 bits per heavy atom. The zero-order valence-corrected chi connectivity index (χ0v) is 18.1. The molecule has 0 spiro atoms. The Morgan fingerprint density at radius 1 is 0.963 bits per heavy atom. The van der Waals surface area contributed by atoms with E-state index in [1.54, 1.807) is 4.90 Å². The standard InChI is InChI=1S/C21H40N2O4/c1-7-9-10-17(8-2)20(26)22-18(11-12-19(24)25)21(27)23(13-15(3)4)14-16(5)6/h15-18H,7-14H2,1-6H3,(H,22,26)(H,24,25)/t17?,18-/m0/s1. The Balaban J connectivity index is 5.30. The maximum atomic E-state index is 13.1. The molecular formula is C21H40N2O4. The lowest BCUT2D eigenvalue weighted by Crippen LogP contribution is -2.51. The number of nitrogens with one attached hydrogen (secondary N) is 1. The van der Waals surface area contributed by atoms with Crippen molar-refractivity contribution in [3.05, 3.63) is 0 Å². The van der Waals surface area contributed by atoms with Gasteiger partial charge >= 0.3 is 5.97 Å². The molecule has 0 aliphatic carbocycles. The first-order valence-corrected chi connectivity index (χ1v) is 10.4. The van der Waals surface area contributed by atoms with Gasteiger partial charge in [-0.25, -0.2) is 0 Å². The number of carboxylic acid groups (broad SMARTS) is 1. The maximum Gasteiger partial charge on any atom is 0.303 e. The zero-order valence-electron chi connectivity index (χ0n) is 18.1. The van der Waals surface area contributed by atoms with Crippen molar-refractivity contribution in [3.8, 4) is 0 Å². The lowest BCUT2D eigenvalue weighted by atomic mass is 9.97. The third kappa shape index (κ3) is 11.0. The lowest BCUT2D eigenvalue weighted by molar-refractivity contribution is -0.140. The number of amides is 2. The molecule has 0 aromatic rings. The third-order valence-electron chi connectivity index (χ3n) is 4.51. The molecular weight excluding hydrogens is 344 g/mol. The van der Waals surface area contributed by atoms with Crippen LogP contribution in [0.1, 0.15) is 80.1 Å². The van der Waals surface area contributed by atoms with Crippen LogP contribution >= 0.6 is 0 Å². The summed E-state index contributed by atoms with van der Waals surface area (Å²) in [6.07, 6.45) is 3.47. The van der Waals surface area contributed by atoms with E-state index in [1.165, 1.54) is 0 Å². The summed E-state index contributed by atoms with van der Waals surface area (Å²) < 4.78 is 0. The quantitative estimate of drug-likeness (QED) is 0.478.